The van der Waals surface area contributed by atoms with Crippen LogP contribution in [-0.2, 0) is 23.9 Å². The predicted octanol–water partition coefficient (Wildman–Crippen LogP) is -0.773. The van der Waals surface area contributed by atoms with Crippen LogP contribution < -0.4 is 21.3 Å². The van der Waals surface area contributed by atoms with Crippen LogP contribution in [0.1, 0.15) is 40.0 Å². The molecular formula is C16H28N4O6. The van der Waals surface area contributed by atoms with Gasteiger partial charge in [-0.15, -0.1) is 0 Å². The molecule has 0 aromatic carbocycles. The van der Waals surface area contributed by atoms with E-state index < -0.39 is 23.6 Å². The van der Waals surface area contributed by atoms with Gasteiger partial charge >= 0.3 is 12.0 Å². The van der Waals surface area contributed by atoms with Gasteiger partial charge in [-0.1, -0.05) is 0 Å². The van der Waals surface area contributed by atoms with Crippen LogP contribution in [0.3, 0.4) is 0 Å². The Bertz CT molecular complexity index is 490. The van der Waals surface area contributed by atoms with Gasteiger partial charge in [-0.2, -0.15) is 0 Å². The average Bonchev–Trinajstić information content (AvgIpc) is 2.55. The maximum Gasteiger partial charge on any atom is 0.325 e. The van der Waals surface area contributed by atoms with Gasteiger partial charge in [-0.3, -0.25) is 14.4 Å². The van der Waals surface area contributed by atoms with E-state index >= 15 is 0 Å². The van der Waals surface area contributed by atoms with Gasteiger partial charge in [0.05, 0.1) is 12.6 Å². The minimum Gasteiger partial charge on any atom is -0.459 e. The van der Waals surface area contributed by atoms with Gasteiger partial charge < -0.3 is 30.8 Å². The van der Waals surface area contributed by atoms with Crippen LogP contribution in [0.5, 0.6) is 0 Å². The summed E-state index contributed by atoms with van der Waals surface area (Å²) in [5.41, 5.74) is -0.640. The number of carbonyl (C=O) groups is 5. The molecule has 1 unspecified atom stereocenters. The lowest BCUT2D eigenvalue weighted by Crippen LogP contribution is -2.45. The zero-order valence-corrected chi connectivity index (χ0v) is 15.4. The number of aldehydes is 1. The van der Waals surface area contributed by atoms with Crippen molar-refractivity contribution in [3.05, 3.63) is 0 Å². The molecule has 0 aromatic heterocycles. The van der Waals surface area contributed by atoms with Gasteiger partial charge in [0.25, 0.3) is 0 Å². The Morgan fingerprint density at radius 2 is 1.73 bits per heavy atom. The van der Waals surface area contributed by atoms with Crippen molar-refractivity contribution >= 4 is 30.6 Å². The number of hydrogen-bond acceptors (Lipinski definition) is 6. The van der Waals surface area contributed by atoms with E-state index in [1.165, 1.54) is 0 Å². The first-order valence-electron chi connectivity index (χ1n) is 8.33. The molecule has 0 aliphatic rings. The van der Waals surface area contributed by atoms with Crippen LogP contribution in [-0.4, -0.2) is 61.9 Å². The number of amides is 4. The number of ether oxygens (including phenoxy) is 1. The van der Waals surface area contributed by atoms with Crippen molar-refractivity contribution in [1.29, 1.82) is 0 Å². The van der Waals surface area contributed by atoms with Crippen LogP contribution in [0.25, 0.3) is 0 Å². The molecule has 0 radical (unpaired) electrons. The quantitative estimate of drug-likeness (QED) is 0.201. The highest BCUT2D eigenvalue weighted by Crippen LogP contribution is 2.06. The number of nitrogens with one attached hydrogen (secondary N) is 4. The molecule has 4 N–H and O–H groups in total. The van der Waals surface area contributed by atoms with Gasteiger partial charge in [-0.05, 0) is 40.0 Å². The summed E-state index contributed by atoms with van der Waals surface area (Å²) >= 11 is 0. The summed E-state index contributed by atoms with van der Waals surface area (Å²) < 4.78 is 5.05. The first kappa shape index (κ1) is 23.4. The smallest absolute Gasteiger partial charge is 0.325 e. The Kier molecular flexibility index (Phi) is 11.4. The molecule has 0 rings (SSSR count). The maximum absolute atomic E-state index is 11.7. The Morgan fingerprint density at radius 1 is 1.04 bits per heavy atom. The van der Waals surface area contributed by atoms with Gasteiger partial charge in [0, 0.05) is 6.54 Å². The molecule has 148 valence electrons. The lowest BCUT2D eigenvalue weighted by molar-refractivity contribution is -0.153. The molecule has 0 heterocycles. The molecule has 4 amide bonds. The minimum atomic E-state index is -0.693. The van der Waals surface area contributed by atoms with E-state index in [0.717, 1.165) is 0 Å². The molecule has 10 heteroatoms. The zero-order chi connectivity index (χ0) is 20.0. The van der Waals surface area contributed by atoms with Crippen LogP contribution in [0.4, 0.5) is 4.79 Å². The molecule has 0 aliphatic carbocycles. The third kappa shape index (κ3) is 13.8. The largest absolute Gasteiger partial charge is 0.459 e. The third-order valence-electron chi connectivity index (χ3n) is 2.90. The van der Waals surface area contributed by atoms with Gasteiger partial charge in [0.15, 0.2) is 0 Å². The fourth-order valence-corrected chi connectivity index (χ4v) is 1.84. The van der Waals surface area contributed by atoms with E-state index in [1.807, 2.05) is 0 Å². The fourth-order valence-electron chi connectivity index (χ4n) is 1.84. The number of unbranched alkanes of at least 4 members (excludes halogenated alkanes) is 1. The Hall–Kier alpha value is -2.65. The van der Waals surface area contributed by atoms with Crippen LogP contribution in [0.15, 0.2) is 0 Å². The highest BCUT2D eigenvalue weighted by atomic mass is 16.6. The Labute approximate surface area is 152 Å². The molecule has 0 spiro atoms. The van der Waals surface area contributed by atoms with Crippen molar-refractivity contribution < 1.29 is 28.7 Å². The number of urea groups is 1. The standard InChI is InChI=1S/C16H28N4O6/c1-16(2,3)26-14(24)9-19-15(25)20-12(10-21)6-4-5-7-18-13(23)8-17-11-22/h10-12H,4-9H2,1-3H3,(H,17,22)(H,18,23)(H2,19,20,25). The Morgan fingerprint density at radius 3 is 2.31 bits per heavy atom. The molecular weight excluding hydrogens is 344 g/mol. The van der Waals surface area contributed by atoms with Crippen molar-refractivity contribution in [2.24, 2.45) is 0 Å². The van der Waals surface area contributed by atoms with Crippen LogP contribution >= 0.6 is 0 Å². The summed E-state index contributed by atoms with van der Waals surface area (Å²) in [5, 5.41) is 9.63. The first-order valence-corrected chi connectivity index (χ1v) is 8.33. The van der Waals surface area contributed by atoms with Crippen molar-refractivity contribution in [1.82, 2.24) is 21.3 Å². The number of carbonyl (C=O) groups excluding carboxylic acids is 5. The van der Waals surface area contributed by atoms with E-state index in [9.17, 15) is 24.0 Å². The van der Waals surface area contributed by atoms with Crippen molar-refractivity contribution in [3.63, 3.8) is 0 Å². The topological polar surface area (TPSA) is 143 Å². The molecule has 10 nitrogen and oxygen atoms in total. The van der Waals surface area contributed by atoms with E-state index in [-0.39, 0.29) is 19.0 Å². The number of esters is 1. The average molecular weight is 372 g/mol. The fraction of sp³-hybridized carbons (Fsp3) is 0.688. The van der Waals surface area contributed by atoms with Gasteiger partial charge in [0.1, 0.15) is 18.4 Å². The molecule has 0 saturated heterocycles. The maximum atomic E-state index is 11.7. The van der Waals surface area contributed by atoms with E-state index in [4.69, 9.17) is 4.74 Å². The summed E-state index contributed by atoms with van der Waals surface area (Å²) in [6.45, 7) is 5.17. The second-order valence-corrected chi connectivity index (χ2v) is 6.50. The number of hydrogen-bond donors (Lipinski definition) is 4. The molecule has 0 saturated carbocycles. The zero-order valence-electron chi connectivity index (χ0n) is 15.4. The molecule has 0 bridgehead atoms. The van der Waals surface area contributed by atoms with Crippen molar-refractivity contribution in [3.8, 4) is 0 Å². The van der Waals surface area contributed by atoms with Gasteiger partial charge in [-0.25, -0.2) is 4.79 Å². The van der Waals surface area contributed by atoms with Crippen LogP contribution in [0.2, 0.25) is 0 Å². The molecule has 0 aromatic rings. The summed E-state index contributed by atoms with van der Waals surface area (Å²) in [6.07, 6.45) is 2.65. The highest BCUT2D eigenvalue weighted by Gasteiger charge is 2.17. The summed E-state index contributed by atoms with van der Waals surface area (Å²) in [6, 6.07) is -1.33. The van der Waals surface area contributed by atoms with E-state index in [2.05, 4.69) is 21.3 Å². The van der Waals surface area contributed by atoms with E-state index in [0.29, 0.717) is 38.5 Å². The normalized spacial score (nSPS) is 11.7. The SMILES string of the molecule is CC(C)(C)OC(=O)CNC(=O)NC(C=O)CCCCNC(=O)CNC=O. The minimum absolute atomic E-state index is 0.0835. The number of rotatable bonds is 12. The lowest BCUT2D eigenvalue weighted by Gasteiger charge is -2.20. The lowest BCUT2D eigenvalue weighted by atomic mass is 10.1. The Balaban J connectivity index is 3.92. The second-order valence-electron chi connectivity index (χ2n) is 6.50. The molecule has 0 fully saturated rings. The van der Waals surface area contributed by atoms with Crippen LogP contribution in [0, 0.1) is 0 Å². The summed E-state index contributed by atoms with van der Waals surface area (Å²) in [7, 11) is 0. The van der Waals surface area contributed by atoms with E-state index in [1.54, 1.807) is 20.8 Å². The monoisotopic (exact) mass is 372 g/mol. The molecule has 1 atom stereocenters. The highest BCUT2D eigenvalue weighted by molar-refractivity contribution is 5.82. The van der Waals surface area contributed by atoms with Crippen molar-refractivity contribution in [2.75, 3.05) is 19.6 Å². The predicted molar refractivity (Wildman–Crippen MR) is 93.2 cm³/mol. The summed E-state index contributed by atoms with van der Waals surface area (Å²) in [5.74, 6) is -0.876. The summed E-state index contributed by atoms with van der Waals surface area (Å²) in [4.78, 5) is 55.4. The first-order chi connectivity index (χ1) is 12.2. The third-order valence-corrected chi connectivity index (χ3v) is 2.90. The van der Waals surface area contributed by atoms with Gasteiger partial charge in [0.2, 0.25) is 12.3 Å². The molecule has 26 heavy (non-hydrogen) atoms. The second kappa shape index (κ2) is 12.7. The van der Waals surface area contributed by atoms with Crippen molar-refractivity contribution in [2.45, 2.75) is 51.7 Å². The molecule has 0 aliphatic heterocycles.